The number of amides is 1. The van der Waals surface area contributed by atoms with Crippen molar-refractivity contribution in [3.63, 3.8) is 0 Å². The number of nitrogens with zero attached hydrogens (tertiary/aromatic N) is 5. The van der Waals surface area contributed by atoms with E-state index >= 15 is 0 Å². The van der Waals surface area contributed by atoms with Crippen LogP contribution in [-0.4, -0.2) is 89.4 Å². The summed E-state index contributed by atoms with van der Waals surface area (Å²) >= 11 is 0. The van der Waals surface area contributed by atoms with Gasteiger partial charge in [0.2, 0.25) is 5.91 Å². The molecule has 2 aliphatic carbocycles. The smallest absolute Gasteiger partial charge is 0.316 e. The van der Waals surface area contributed by atoms with E-state index in [9.17, 15) is 4.79 Å². The van der Waals surface area contributed by atoms with Crippen LogP contribution in [0.15, 0.2) is 42.7 Å². The summed E-state index contributed by atoms with van der Waals surface area (Å²) in [5.41, 5.74) is 2.33. The van der Waals surface area contributed by atoms with Crippen LogP contribution in [0.5, 0.6) is 6.01 Å². The van der Waals surface area contributed by atoms with E-state index < -0.39 is 0 Å². The van der Waals surface area contributed by atoms with Crippen molar-refractivity contribution in [2.24, 2.45) is 5.92 Å². The predicted molar refractivity (Wildman–Crippen MR) is 148 cm³/mol. The van der Waals surface area contributed by atoms with Crippen molar-refractivity contribution in [2.45, 2.75) is 75.0 Å². The second-order valence-electron chi connectivity index (χ2n) is 12.1. The van der Waals surface area contributed by atoms with Crippen LogP contribution in [-0.2, 0) is 21.6 Å². The Labute approximate surface area is 231 Å². The number of hydrogen-bond donors (Lipinski definition) is 1. The normalized spacial score (nSPS) is 31.1. The highest BCUT2D eigenvalue weighted by Crippen LogP contribution is 2.52. The molecule has 1 spiro atoms. The number of benzene rings is 1. The molecule has 3 heterocycles. The monoisotopic (exact) mass is 534 g/mol. The van der Waals surface area contributed by atoms with Crippen LogP contribution in [0.3, 0.4) is 0 Å². The lowest BCUT2D eigenvalue weighted by molar-refractivity contribution is -0.125. The van der Waals surface area contributed by atoms with Gasteiger partial charge in [-0.1, -0.05) is 36.8 Å². The molecule has 210 valence electrons. The summed E-state index contributed by atoms with van der Waals surface area (Å²) in [4.78, 5) is 28.7. The van der Waals surface area contributed by atoms with Gasteiger partial charge in [-0.05, 0) is 64.1 Å². The lowest BCUT2D eigenvalue weighted by atomic mass is 9.67. The van der Waals surface area contributed by atoms with Gasteiger partial charge < -0.3 is 14.8 Å². The maximum Gasteiger partial charge on any atom is 0.316 e. The van der Waals surface area contributed by atoms with Gasteiger partial charge >= 0.3 is 6.01 Å². The highest BCUT2D eigenvalue weighted by molar-refractivity contribution is 5.78. The van der Waals surface area contributed by atoms with Crippen LogP contribution in [0.4, 0.5) is 0 Å². The zero-order chi connectivity index (χ0) is 27.0. The fourth-order valence-corrected chi connectivity index (χ4v) is 7.11. The molecule has 4 fully saturated rings. The maximum atomic E-state index is 13.0. The minimum absolute atomic E-state index is 0.00499. The summed E-state index contributed by atoms with van der Waals surface area (Å²) in [5.74, 6) is 0.785. The first-order chi connectivity index (χ1) is 18.9. The van der Waals surface area contributed by atoms with Crippen molar-refractivity contribution < 1.29 is 14.3 Å². The number of epoxide rings is 1. The largest absolute Gasteiger partial charge is 0.467 e. The Morgan fingerprint density at radius 2 is 1.82 bits per heavy atom. The van der Waals surface area contributed by atoms with Crippen molar-refractivity contribution in [2.75, 3.05) is 40.8 Å². The minimum Gasteiger partial charge on any atom is -0.467 e. The lowest BCUT2D eigenvalue weighted by Gasteiger charge is -2.57. The molecule has 39 heavy (non-hydrogen) atoms. The Balaban J connectivity index is 1.16. The first kappa shape index (κ1) is 26.6. The van der Waals surface area contributed by atoms with Gasteiger partial charge in [0, 0.05) is 48.7 Å². The minimum atomic E-state index is 0.00499. The Bertz CT molecular complexity index is 1130. The van der Waals surface area contributed by atoms with Gasteiger partial charge in [0.25, 0.3) is 0 Å². The maximum absolute atomic E-state index is 13.0. The third-order valence-corrected chi connectivity index (χ3v) is 9.78. The second-order valence-corrected chi connectivity index (χ2v) is 12.1. The Morgan fingerprint density at radius 1 is 1.10 bits per heavy atom. The molecule has 4 aliphatic rings. The molecule has 2 unspecified atom stereocenters. The summed E-state index contributed by atoms with van der Waals surface area (Å²) in [6, 6.07) is 11.3. The molecule has 1 amide bonds. The van der Waals surface area contributed by atoms with E-state index in [4.69, 9.17) is 9.47 Å². The van der Waals surface area contributed by atoms with E-state index in [1.165, 1.54) is 31.9 Å². The molecular formula is C30H42N6O3. The number of nitrogens with one attached hydrogen (secondary N) is 1. The molecule has 2 saturated carbocycles. The van der Waals surface area contributed by atoms with Gasteiger partial charge in [-0.25, -0.2) is 9.97 Å². The van der Waals surface area contributed by atoms with E-state index in [-0.39, 0.29) is 29.4 Å². The van der Waals surface area contributed by atoms with Crippen molar-refractivity contribution in [3.05, 3.63) is 53.9 Å². The number of aromatic nitrogens is 2. The van der Waals surface area contributed by atoms with Gasteiger partial charge in [0.05, 0.1) is 13.7 Å². The van der Waals surface area contributed by atoms with Crippen molar-refractivity contribution in [1.29, 1.82) is 0 Å². The molecule has 1 aromatic carbocycles. The van der Waals surface area contributed by atoms with Crippen LogP contribution >= 0.6 is 0 Å². The summed E-state index contributed by atoms with van der Waals surface area (Å²) in [5, 5.41) is 3.05. The Morgan fingerprint density at radius 3 is 2.44 bits per heavy atom. The standard InChI is InChI=1S/C30H42N6O3/c1-34(2)30(24-10-5-4-6-11-24)14-12-29(13-15-30)21-35(26-27(39-26)36(29)19-22-8-7-9-22)20-25(37)31-16-23-17-32-28(38-3)33-18-23/h4-6,10-11,17-18,22,26-27H,7-9,12-16,19-21H2,1-3H3,(H,31,37). The highest BCUT2D eigenvalue weighted by Gasteiger charge is 2.62. The quantitative estimate of drug-likeness (QED) is 0.492. The molecule has 0 bridgehead atoms. The van der Waals surface area contributed by atoms with Crippen molar-refractivity contribution in [1.82, 2.24) is 30.0 Å². The van der Waals surface area contributed by atoms with Gasteiger partial charge in [-0.3, -0.25) is 19.5 Å². The van der Waals surface area contributed by atoms with Crippen LogP contribution in [0, 0.1) is 5.92 Å². The number of rotatable bonds is 9. The summed E-state index contributed by atoms with van der Waals surface area (Å²) in [6.07, 6.45) is 11.9. The number of piperazine rings is 1. The second kappa shape index (κ2) is 10.8. The predicted octanol–water partition coefficient (Wildman–Crippen LogP) is 2.97. The van der Waals surface area contributed by atoms with E-state index in [0.29, 0.717) is 19.1 Å². The average molecular weight is 535 g/mol. The molecule has 1 aromatic heterocycles. The number of fused-ring (bicyclic) bond motifs is 1. The number of ether oxygens (including phenoxy) is 2. The van der Waals surface area contributed by atoms with E-state index in [0.717, 1.165) is 50.3 Å². The van der Waals surface area contributed by atoms with Gasteiger partial charge in [-0.2, -0.15) is 0 Å². The van der Waals surface area contributed by atoms with E-state index in [1.54, 1.807) is 12.4 Å². The van der Waals surface area contributed by atoms with Crippen molar-refractivity contribution in [3.8, 4) is 6.01 Å². The number of carbonyl (C=O) groups excluding carboxylic acids is 1. The zero-order valence-corrected chi connectivity index (χ0v) is 23.5. The van der Waals surface area contributed by atoms with Gasteiger partial charge in [0.15, 0.2) is 12.5 Å². The SMILES string of the molecule is COc1ncc(CNC(=O)CN2CC3(CCC(c4ccccc4)(N(C)C)CC3)N(CC3CCC3)C3OC32)cn1. The Hall–Kier alpha value is -2.59. The average Bonchev–Trinajstić information content (AvgIpc) is 3.73. The molecule has 2 aromatic rings. The highest BCUT2D eigenvalue weighted by atomic mass is 16.6. The fraction of sp³-hybridized carbons (Fsp3) is 0.633. The fourth-order valence-electron chi connectivity index (χ4n) is 7.11. The summed E-state index contributed by atoms with van der Waals surface area (Å²) in [6.45, 7) is 2.74. The van der Waals surface area contributed by atoms with Crippen LogP contribution < -0.4 is 10.1 Å². The van der Waals surface area contributed by atoms with Crippen molar-refractivity contribution >= 4 is 5.91 Å². The summed E-state index contributed by atoms with van der Waals surface area (Å²) < 4.78 is 11.3. The molecule has 2 atom stereocenters. The molecule has 2 aliphatic heterocycles. The molecule has 9 heteroatoms. The number of carbonyl (C=O) groups is 1. The molecule has 0 radical (unpaired) electrons. The summed E-state index contributed by atoms with van der Waals surface area (Å²) in [7, 11) is 5.99. The zero-order valence-electron chi connectivity index (χ0n) is 23.5. The van der Waals surface area contributed by atoms with Gasteiger partial charge in [0.1, 0.15) is 0 Å². The lowest BCUT2D eigenvalue weighted by Crippen LogP contribution is -2.66. The van der Waals surface area contributed by atoms with E-state index in [2.05, 4.69) is 74.4 Å². The molecule has 6 rings (SSSR count). The first-order valence-electron chi connectivity index (χ1n) is 14.4. The molecule has 9 nitrogen and oxygen atoms in total. The third-order valence-electron chi connectivity index (χ3n) is 9.78. The topological polar surface area (TPSA) is 86.4 Å². The Kier molecular flexibility index (Phi) is 7.35. The van der Waals surface area contributed by atoms with Crippen LogP contribution in [0.1, 0.15) is 56.1 Å². The third kappa shape index (κ3) is 5.17. The molecule has 1 N–H and O–H groups in total. The molecular weight excluding hydrogens is 492 g/mol. The first-order valence-corrected chi connectivity index (χ1v) is 14.4. The van der Waals surface area contributed by atoms with E-state index in [1.807, 2.05) is 0 Å². The number of hydrogen-bond acceptors (Lipinski definition) is 8. The van der Waals surface area contributed by atoms with Crippen LogP contribution in [0.25, 0.3) is 0 Å². The van der Waals surface area contributed by atoms with Gasteiger partial charge in [-0.15, -0.1) is 0 Å². The van der Waals surface area contributed by atoms with Crippen LogP contribution in [0.2, 0.25) is 0 Å². The number of methoxy groups -OCH3 is 1. The molecule has 2 saturated heterocycles.